The lowest BCUT2D eigenvalue weighted by atomic mass is 9.83. The normalized spacial score (nSPS) is 15.0. The van der Waals surface area contributed by atoms with Crippen LogP contribution in [-0.2, 0) is 4.74 Å². The van der Waals surface area contributed by atoms with Crippen LogP contribution in [0.1, 0.15) is 42.0 Å². The first-order chi connectivity index (χ1) is 8.69. The van der Waals surface area contributed by atoms with Crippen molar-refractivity contribution in [3.63, 3.8) is 0 Å². The van der Waals surface area contributed by atoms with E-state index < -0.39 is 5.97 Å². The van der Waals surface area contributed by atoms with E-state index in [9.17, 15) is 4.79 Å². The maximum Gasteiger partial charge on any atom is 0.376 e. The van der Waals surface area contributed by atoms with Crippen LogP contribution in [0.3, 0.4) is 0 Å². The predicted molar refractivity (Wildman–Crippen MR) is 68.6 cm³/mol. The van der Waals surface area contributed by atoms with Gasteiger partial charge in [0.05, 0.1) is 7.11 Å². The van der Waals surface area contributed by atoms with Crippen LogP contribution in [0.25, 0.3) is 0 Å². The molecule has 5 nitrogen and oxygen atoms in total. The Kier molecular flexibility index (Phi) is 4.12. The standard InChI is InChI=1S/C13H19N3O2/c1-9-8-11(14-7-6-10-4-3-5-10)16-12(15-9)13(17)18-2/h8,10H,3-7H2,1-2H3,(H,14,15,16). The van der Waals surface area contributed by atoms with Gasteiger partial charge in [-0.05, 0) is 19.3 Å². The molecule has 1 fully saturated rings. The van der Waals surface area contributed by atoms with Crippen molar-refractivity contribution in [2.45, 2.75) is 32.6 Å². The van der Waals surface area contributed by atoms with Gasteiger partial charge in [0, 0.05) is 18.3 Å². The minimum absolute atomic E-state index is 0.114. The number of hydrogen-bond donors (Lipinski definition) is 1. The fourth-order valence-electron chi connectivity index (χ4n) is 2.03. The highest BCUT2D eigenvalue weighted by molar-refractivity contribution is 5.85. The molecule has 0 aromatic carbocycles. The second kappa shape index (κ2) is 5.80. The Morgan fingerprint density at radius 1 is 1.50 bits per heavy atom. The van der Waals surface area contributed by atoms with E-state index in [1.54, 1.807) is 0 Å². The molecule has 0 saturated heterocycles. The first-order valence-corrected chi connectivity index (χ1v) is 6.37. The van der Waals surface area contributed by atoms with Crippen LogP contribution >= 0.6 is 0 Å². The first kappa shape index (κ1) is 12.8. The lowest BCUT2D eigenvalue weighted by molar-refractivity contribution is 0.0586. The summed E-state index contributed by atoms with van der Waals surface area (Å²) in [6.45, 7) is 2.73. The molecule has 1 saturated carbocycles. The molecule has 98 valence electrons. The number of esters is 1. The van der Waals surface area contributed by atoms with E-state index in [0.717, 1.165) is 24.6 Å². The highest BCUT2D eigenvalue weighted by atomic mass is 16.5. The minimum atomic E-state index is -0.499. The summed E-state index contributed by atoms with van der Waals surface area (Å²) in [5, 5.41) is 3.25. The van der Waals surface area contributed by atoms with Crippen molar-refractivity contribution in [3.8, 4) is 0 Å². The van der Waals surface area contributed by atoms with Gasteiger partial charge in [0.25, 0.3) is 0 Å². The Balaban J connectivity index is 1.94. The average molecular weight is 249 g/mol. The average Bonchev–Trinajstić information content (AvgIpc) is 2.30. The van der Waals surface area contributed by atoms with Crippen molar-refractivity contribution in [1.82, 2.24) is 9.97 Å². The second-order valence-electron chi connectivity index (χ2n) is 4.72. The molecule has 1 aromatic rings. The summed E-state index contributed by atoms with van der Waals surface area (Å²) in [5.41, 5.74) is 0.761. The number of nitrogens with one attached hydrogen (secondary N) is 1. The van der Waals surface area contributed by atoms with Gasteiger partial charge in [-0.3, -0.25) is 0 Å². The van der Waals surface area contributed by atoms with Crippen LogP contribution in [0.15, 0.2) is 6.07 Å². The van der Waals surface area contributed by atoms with Gasteiger partial charge in [0.15, 0.2) is 0 Å². The maximum atomic E-state index is 11.4. The molecule has 1 aliphatic rings. The monoisotopic (exact) mass is 249 g/mol. The third kappa shape index (κ3) is 3.18. The smallest absolute Gasteiger partial charge is 0.376 e. The Labute approximate surface area is 107 Å². The van der Waals surface area contributed by atoms with E-state index in [1.807, 2.05) is 13.0 Å². The zero-order valence-electron chi connectivity index (χ0n) is 10.9. The molecular formula is C13H19N3O2. The summed E-state index contributed by atoms with van der Waals surface area (Å²) in [4.78, 5) is 19.6. The van der Waals surface area contributed by atoms with Gasteiger partial charge in [0.1, 0.15) is 5.82 Å². The van der Waals surface area contributed by atoms with E-state index in [0.29, 0.717) is 5.82 Å². The van der Waals surface area contributed by atoms with Crippen LogP contribution < -0.4 is 5.32 Å². The van der Waals surface area contributed by atoms with Crippen LogP contribution in [0.4, 0.5) is 5.82 Å². The number of anilines is 1. The molecule has 0 radical (unpaired) electrons. The van der Waals surface area contributed by atoms with E-state index >= 15 is 0 Å². The van der Waals surface area contributed by atoms with E-state index in [2.05, 4.69) is 20.0 Å². The van der Waals surface area contributed by atoms with Crippen molar-refractivity contribution in [2.75, 3.05) is 19.0 Å². The third-order valence-corrected chi connectivity index (χ3v) is 3.31. The van der Waals surface area contributed by atoms with Gasteiger partial charge in [-0.1, -0.05) is 19.3 Å². The van der Waals surface area contributed by atoms with Crippen molar-refractivity contribution >= 4 is 11.8 Å². The number of methoxy groups -OCH3 is 1. The van der Waals surface area contributed by atoms with Gasteiger partial charge >= 0.3 is 5.97 Å². The summed E-state index contributed by atoms with van der Waals surface area (Å²) < 4.78 is 4.62. The highest BCUT2D eigenvalue weighted by Crippen LogP contribution is 2.29. The number of carbonyl (C=O) groups is 1. The number of hydrogen-bond acceptors (Lipinski definition) is 5. The molecule has 0 bridgehead atoms. The van der Waals surface area contributed by atoms with Crippen molar-refractivity contribution in [3.05, 3.63) is 17.6 Å². The van der Waals surface area contributed by atoms with Crippen LogP contribution in [-0.4, -0.2) is 29.6 Å². The van der Waals surface area contributed by atoms with Gasteiger partial charge in [-0.15, -0.1) is 0 Å². The molecule has 1 N–H and O–H groups in total. The fourth-order valence-corrected chi connectivity index (χ4v) is 2.03. The fraction of sp³-hybridized carbons (Fsp3) is 0.615. The number of aryl methyl sites for hydroxylation is 1. The van der Waals surface area contributed by atoms with E-state index in [4.69, 9.17) is 0 Å². The third-order valence-electron chi connectivity index (χ3n) is 3.31. The molecule has 5 heteroatoms. The van der Waals surface area contributed by atoms with Gasteiger partial charge in [-0.2, -0.15) is 0 Å². The molecule has 0 amide bonds. The topological polar surface area (TPSA) is 64.1 Å². The van der Waals surface area contributed by atoms with Gasteiger partial charge in [0.2, 0.25) is 5.82 Å². The largest absolute Gasteiger partial charge is 0.463 e. The van der Waals surface area contributed by atoms with Gasteiger partial charge < -0.3 is 10.1 Å². The van der Waals surface area contributed by atoms with Gasteiger partial charge in [-0.25, -0.2) is 14.8 Å². The Morgan fingerprint density at radius 3 is 2.89 bits per heavy atom. The number of aromatic nitrogens is 2. The summed E-state index contributed by atoms with van der Waals surface area (Å²) >= 11 is 0. The van der Waals surface area contributed by atoms with Crippen LogP contribution in [0, 0.1) is 12.8 Å². The molecule has 1 heterocycles. The highest BCUT2D eigenvalue weighted by Gasteiger charge is 2.17. The second-order valence-corrected chi connectivity index (χ2v) is 4.72. The molecular weight excluding hydrogens is 230 g/mol. The van der Waals surface area contributed by atoms with E-state index in [1.165, 1.54) is 26.4 Å². The molecule has 0 spiro atoms. The first-order valence-electron chi connectivity index (χ1n) is 6.37. The zero-order valence-corrected chi connectivity index (χ0v) is 10.9. The minimum Gasteiger partial charge on any atom is -0.463 e. The lowest BCUT2D eigenvalue weighted by Gasteiger charge is -2.25. The van der Waals surface area contributed by atoms with Crippen molar-refractivity contribution in [2.24, 2.45) is 5.92 Å². The number of rotatable bonds is 5. The van der Waals surface area contributed by atoms with Crippen LogP contribution in [0.5, 0.6) is 0 Å². The number of ether oxygens (including phenoxy) is 1. The maximum absolute atomic E-state index is 11.4. The summed E-state index contributed by atoms with van der Waals surface area (Å²) in [6.07, 6.45) is 5.22. The molecule has 0 unspecified atom stereocenters. The van der Waals surface area contributed by atoms with Crippen LogP contribution in [0.2, 0.25) is 0 Å². The molecule has 18 heavy (non-hydrogen) atoms. The SMILES string of the molecule is COC(=O)c1nc(C)cc(NCCC2CCC2)n1. The Morgan fingerprint density at radius 2 is 2.28 bits per heavy atom. The summed E-state index contributed by atoms with van der Waals surface area (Å²) in [5.74, 6) is 1.17. The predicted octanol–water partition coefficient (Wildman–Crippen LogP) is 2.17. The molecule has 1 aliphatic carbocycles. The van der Waals surface area contributed by atoms with E-state index in [-0.39, 0.29) is 5.82 Å². The Hall–Kier alpha value is -1.65. The lowest BCUT2D eigenvalue weighted by Crippen LogP contribution is -2.17. The molecule has 2 rings (SSSR count). The number of nitrogens with zero attached hydrogens (tertiary/aromatic N) is 2. The number of carbonyl (C=O) groups excluding carboxylic acids is 1. The van der Waals surface area contributed by atoms with Crippen molar-refractivity contribution in [1.29, 1.82) is 0 Å². The molecule has 1 aromatic heterocycles. The molecule has 0 atom stereocenters. The zero-order chi connectivity index (χ0) is 13.0. The summed E-state index contributed by atoms with van der Waals surface area (Å²) in [6, 6.07) is 1.84. The summed E-state index contributed by atoms with van der Waals surface area (Å²) in [7, 11) is 1.33. The Bertz CT molecular complexity index is 430. The quantitative estimate of drug-likeness (QED) is 0.810. The molecule has 0 aliphatic heterocycles. The van der Waals surface area contributed by atoms with Crippen molar-refractivity contribution < 1.29 is 9.53 Å².